The number of amidine groups is 1. The van der Waals surface area contributed by atoms with Gasteiger partial charge in [0.25, 0.3) is 11.6 Å². The quantitative estimate of drug-likeness (QED) is 0.269. The minimum absolute atomic E-state index is 0.0121. The number of carbonyl (C=O) groups excluding carboxylic acids is 3. The van der Waals surface area contributed by atoms with Crippen molar-refractivity contribution in [3.05, 3.63) is 51.2 Å². The highest BCUT2D eigenvalue weighted by Crippen LogP contribution is 2.32. The van der Waals surface area contributed by atoms with Crippen LogP contribution in [0.2, 0.25) is 0 Å². The summed E-state index contributed by atoms with van der Waals surface area (Å²) in [4.78, 5) is 46.0. The lowest BCUT2D eigenvalue weighted by Gasteiger charge is -2.34. The van der Waals surface area contributed by atoms with Crippen molar-refractivity contribution >= 4 is 29.3 Å². The first kappa shape index (κ1) is 27.3. The van der Waals surface area contributed by atoms with Crippen LogP contribution >= 0.6 is 0 Å². The first-order chi connectivity index (χ1) is 15.0. The minimum Gasteiger partial charge on any atom is -0.444 e. The molecule has 0 bridgehead atoms. The third kappa shape index (κ3) is 7.41. The SMILES string of the molecule is CC(C)(C)OC(=O)N1CC(C(=N)NC(=O)c2cccc([N+](=O)[O-])c2)=C(N)C1(C)C.CC(C)=O. The van der Waals surface area contributed by atoms with Crippen LogP contribution in [-0.2, 0) is 9.53 Å². The normalized spacial score (nSPS) is 14.7. The summed E-state index contributed by atoms with van der Waals surface area (Å²) in [5.41, 5.74) is 4.89. The van der Waals surface area contributed by atoms with Crippen LogP contribution in [0.15, 0.2) is 35.5 Å². The van der Waals surface area contributed by atoms with Crippen molar-refractivity contribution in [2.75, 3.05) is 6.54 Å². The van der Waals surface area contributed by atoms with Gasteiger partial charge in [0, 0.05) is 29.0 Å². The predicted molar refractivity (Wildman–Crippen MR) is 123 cm³/mol. The minimum atomic E-state index is -0.916. The maximum atomic E-state index is 12.5. The molecular weight excluding hydrogens is 430 g/mol. The zero-order chi connectivity index (χ0) is 25.7. The molecule has 1 heterocycles. The molecule has 11 heteroatoms. The standard InChI is InChI=1S/C19H25N5O5.C3H6O/c1-18(2,3)29-17(26)23-10-13(14(20)19(23,4)5)15(21)22-16(25)11-7-6-8-12(9-11)24(27)28;1-3(2)4/h6-9H,10,20H2,1-5H3,(H2,21,22,25);1-2H3. The first-order valence-electron chi connectivity index (χ1n) is 10.1. The fraction of sp³-hybridized carbons (Fsp3) is 0.455. The second-order valence-corrected chi connectivity index (χ2v) is 9.06. The van der Waals surface area contributed by atoms with Gasteiger partial charge in [-0.15, -0.1) is 0 Å². The summed E-state index contributed by atoms with van der Waals surface area (Å²) in [6.45, 7) is 11.7. The fourth-order valence-electron chi connectivity index (χ4n) is 2.80. The van der Waals surface area contributed by atoms with Gasteiger partial charge >= 0.3 is 6.09 Å². The van der Waals surface area contributed by atoms with Crippen LogP contribution in [0.3, 0.4) is 0 Å². The molecule has 0 aromatic heterocycles. The van der Waals surface area contributed by atoms with E-state index in [0.29, 0.717) is 0 Å². The number of nitrogens with two attached hydrogens (primary N) is 1. The van der Waals surface area contributed by atoms with Gasteiger partial charge in [-0.1, -0.05) is 6.07 Å². The molecule has 0 saturated carbocycles. The van der Waals surface area contributed by atoms with Gasteiger partial charge in [-0.3, -0.25) is 25.2 Å². The third-order valence-corrected chi connectivity index (χ3v) is 4.45. The number of hydrogen-bond donors (Lipinski definition) is 3. The summed E-state index contributed by atoms with van der Waals surface area (Å²) in [6, 6.07) is 5.17. The summed E-state index contributed by atoms with van der Waals surface area (Å²) in [7, 11) is 0. The molecule has 1 aromatic carbocycles. The second-order valence-electron chi connectivity index (χ2n) is 9.06. The van der Waals surface area contributed by atoms with Gasteiger partial charge in [0.15, 0.2) is 0 Å². The van der Waals surface area contributed by atoms with Gasteiger partial charge < -0.3 is 20.6 Å². The van der Waals surface area contributed by atoms with Gasteiger partial charge in [0.05, 0.1) is 17.0 Å². The first-order valence-corrected chi connectivity index (χ1v) is 10.1. The molecule has 2 amide bonds. The molecule has 1 aliphatic rings. The Morgan fingerprint density at radius 3 is 2.27 bits per heavy atom. The average molecular weight is 462 g/mol. The van der Waals surface area contributed by atoms with Gasteiger partial charge in [-0.05, 0) is 54.5 Å². The second kappa shape index (κ2) is 10.2. The molecule has 1 aliphatic heterocycles. The van der Waals surface area contributed by atoms with E-state index in [1.165, 1.54) is 36.9 Å². The number of nitrogens with one attached hydrogen (secondary N) is 2. The van der Waals surface area contributed by atoms with Crippen molar-refractivity contribution in [1.29, 1.82) is 5.41 Å². The molecule has 33 heavy (non-hydrogen) atoms. The fourth-order valence-corrected chi connectivity index (χ4v) is 2.80. The number of benzene rings is 1. The Hall–Kier alpha value is -3.76. The number of amides is 2. The number of rotatable bonds is 3. The Kier molecular flexibility index (Phi) is 8.46. The number of Topliss-reactive ketones (excluding diaryl/α,β-unsaturated/α-hetero) is 1. The highest BCUT2D eigenvalue weighted by molar-refractivity contribution is 6.12. The van der Waals surface area contributed by atoms with E-state index >= 15 is 0 Å². The number of non-ortho nitro benzene ring substituents is 1. The van der Waals surface area contributed by atoms with E-state index in [9.17, 15) is 24.5 Å². The van der Waals surface area contributed by atoms with Gasteiger partial charge in [0.1, 0.15) is 17.2 Å². The van der Waals surface area contributed by atoms with Crippen molar-refractivity contribution in [3.8, 4) is 0 Å². The van der Waals surface area contributed by atoms with Crippen molar-refractivity contribution in [1.82, 2.24) is 10.2 Å². The van der Waals surface area contributed by atoms with E-state index in [2.05, 4.69) is 5.32 Å². The molecule has 1 aromatic rings. The average Bonchev–Trinajstić information content (AvgIpc) is 2.89. The molecule has 4 N–H and O–H groups in total. The number of hydrogen-bond acceptors (Lipinski definition) is 8. The van der Waals surface area contributed by atoms with Gasteiger partial charge in [-0.2, -0.15) is 0 Å². The van der Waals surface area contributed by atoms with Crippen molar-refractivity contribution in [2.45, 2.75) is 59.6 Å². The van der Waals surface area contributed by atoms with Crippen LogP contribution in [0.5, 0.6) is 0 Å². The molecule has 0 spiro atoms. The summed E-state index contributed by atoms with van der Waals surface area (Å²) in [5, 5.41) is 21.5. The van der Waals surface area contributed by atoms with Crippen LogP contribution in [-0.4, -0.2) is 51.1 Å². The zero-order valence-electron chi connectivity index (χ0n) is 19.9. The number of carbonyl (C=O) groups is 3. The molecule has 0 radical (unpaired) electrons. The van der Waals surface area contributed by atoms with Crippen molar-refractivity contribution in [3.63, 3.8) is 0 Å². The summed E-state index contributed by atoms with van der Waals surface area (Å²) >= 11 is 0. The topological polar surface area (TPSA) is 169 Å². The molecule has 0 aliphatic carbocycles. The van der Waals surface area contributed by atoms with E-state index in [4.69, 9.17) is 15.9 Å². The molecule has 0 saturated heterocycles. The number of nitro benzene ring substituents is 1. The lowest BCUT2D eigenvalue weighted by molar-refractivity contribution is -0.384. The van der Waals surface area contributed by atoms with E-state index in [0.717, 1.165) is 6.07 Å². The van der Waals surface area contributed by atoms with Crippen molar-refractivity contribution in [2.24, 2.45) is 5.73 Å². The molecule has 0 fully saturated rings. The van der Waals surface area contributed by atoms with E-state index < -0.39 is 28.1 Å². The summed E-state index contributed by atoms with van der Waals surface area (Å²) in [5.74, 6) is -0.800. The van der Waals surface area contributed by atoms with E-state index in [-0.39, 0.29) is 40.7 Å². The smallest absolute Gasteiger partial charge is 0.411 e. The monoisotopic (exact) mass is 461 g/mol. The molecule has 0 atom stereocenters. The summed E-state index contributed by atoms with van der Waals surface area (Å²) in [6.07, 6.45) is -0.585. The Balaban J connectivity index is 0.00000125. The van der Waals surface area contributed by atoms with Crippen LogP contribution < -0.4 is 11.1 Å². The number of ether oxygens (including phenoxy) is 1. The third-order valence-electron chi connectivity index (χ3n) is 4.45. The predicted octanol–water partition coefficient (Wildman–Crippen LogP) is 3.14. The van der Waals surface area contributed by atoms with E-state index in [1.807, 2.05) is 0 Å². The van der Waals surface area contributed by atoms with Crippen molar-refractivity contribution < 1.29 is 24.0 Å². The lowest BCUT2D eigenvalue weighted by atomic mass is 10.0. The maximum Gasteiger partial charge on any atom is 0.411 e. The Bertz CT molecular complexity index is 1000. The molecule has 11 nitrogen and oxygen atoms in total. The Morgan fingerprint density at radius 1 is 1.24 bits per heavy atom. The molecule has 2 rings (SSSR count). The van der Waals surface area contributed by atoms with Crippen LogP contribution in [0.1, 0.15) is 58.8 Å². The van der Waals surface area contributed by atoms with Gasteiger partial charge in [-0.25, -0.2) is 4.79 Å². The molecular formula is C22H31N5O6. The zero-order valence-corrected chi connectivity index (χ0v) is 19.9. The summed E-state index contributed by atoms with van der Waals surface area (Å²) < 4.78 is 5.40. The Labute approximate surface area is 192 Å². The van der Waals surface area contributed by atoms with Gasteiger partial charge in [0.2, 0.25) is 0 Å². The van der Waals surface area contributed by atoms with Crippen LogP contribution in [0.4, 0.5) is 10.5 Å². The largest absolute Gasteiger partial charge is 0.444 e. The molecule has 180 valence electrons. The van der Waals surface area contributed by atoms with Crippen LogP contribution in [0.25, 0.3) is 0 Å². The maximum absolute atomic E-state index is 12.5. The number of ketones is 1. The lowest BCUT2D eigenvalue weighted by Crippen LogP contribution is -2.48. The molecule has 0 unspecified atom stereocenters. The number of nitrogens with zero attached hydrogens (tertiary/aromatic N) is 2. The highest BCUT2D eigenvalue weighted by atomic mass is 16.6. The van der Waals surface area contributed by atoms with E-state index in [1.54, 1.807) is 34.6 Å². The number of nitro groups is 1. The highest BCUT2D eigenvalue weighted by Gasteiger charge is 2.44. The van der Waals surface area contributed by atoms with Crippen LogP contribution in [0, 0.1) is 15.5 Å². The Morgan fingerprint density at radius 2 is 1.79 bits per heavy atom.